The summed E-state index contributed by atoms with van der Waals surface area (Å²) in [7, 11) is 4.67. The van der Waals surface area contributed by atoms with E-state index in [1.165, 1.54) is 11.8 Å². The molecule has 1 amide bonds. The number of thiocarbonyl (C=S) groups is 1. The van der Waals surface area contributed by atoms with Gasteiger partial charge in [0.05, 0.1) is 32.3 Å². The molecule has 1 fully saturated rings. The van der Waals surface area contributed by atoms with Crippen molar-refractivity contribution in [1.29, 1.82) is 0 Å². The van der Waals surface area contributed by atoms with Gasteiger partial charge >= 0.3 is 0 Å². The average molecular weight is 416 g/mol. The molecule has 146 valence electrons. The number of carbonyl (C=O) groups excluding carboxylic acids is 1. The van der Waals surface area contributed by atoms with E-state index >= 15 is 0 Å². The molecular weight excluding hydrogens is 394 g/mol. The van der Waals surface area contributed by atoms with E-state index in [0.29, 0.717) is 26.5 Å². The number of methoxy groups -OCH3 is 3. The average Bonchev–Trinajstić information content (AvgIpc) is 3.00. The van der Waals surface area contributed by atoms with E-state index in [1.54, 1.807) is 44.4 Å². The number of benzene rings is 2. The van der Waals surface area contributed by atoms with Crippen LogP contribution in [0.1, 0.15) is 24.1 Å². The quantitative estimate of drug-likeness (QED) is 0.505. The Bertz CT molecular complexity index is 902. The van der Waals surface area contributed by atoms with Crippen LogP contribution in [0.25, 0.3) is 6.08 Å². The molecule has 1 aliphatic heterocycles. The molecule has 0 bridgehead atoms. The summed E-state index contributed by atoms with van der Waals surface area (Å²) in [6.07, 6.45) is 1.79. The van der Waals surface area contributed by atoms with Crippen LogP contribution in [0.15, 0.2) is 47.4 Å². The molecule has 5 nitrogen and oxygen atoms in total. The fraction of sp³-hybridized carbons (Fsp3) is 0.238. The van der Waals surface area contributed by atoms with E-state index in [0.717, 1.165) is 11.1 Å². The molecule has 0 radical (unpaired) electrons. The van der Waals surface area contributed by atoms with Gasteiger partial charge in [-0.15, -0.1) is 0 Å². The van der Waals surface area contributed by atoms with Crippen LogP contribution in [0.5, 0.6) is 17.2 Å². The predicted molar refractivity (Wildman–Crippen MR) is 116 cm³/mol. The first-order chi connectivity index (χ1) is 13.5. The number of thioether (sulfide) groups is 1. The molecule has 7 heteroatoms. The second-order valence-electron chi connectivity index (χ2n) is 6.10. The van der Waals surface area contributed by atoms with Crippen molar-refractivity contribution in [3.63, 3.8) is 0 Å². The van der Waals surface area contributed by atoms with Crippen LogP contribution >= 0.6 is 24.0 Å². The van der Waals surface area contributed by atoms with E-state index in [-0.39, 0.29) is 11.9 Å². The van der Waals surface area contributed by atoms with Crippen molar-refractivity contribution in [2.24, 2.45) is 0 Å². The van der Waals surface area contributed by atoms with Crippen LogP contribution in [-0.2, 0) is 4.79 Å². The summed E-state index contributed by atoms with van der Waals surface area (Å²) in [6, 6.07) is 13.3. The third kappa shape index (κ3) is 3.86. The Balaban J connectivity index is 1.94. The van der Waals surface area contributed by atoms with Crippen molar-refractivity contribution in [3.05, 3.63) is 58.5 Å². The highest BCUT2D eigenvalue weighted by molar-refractivity contribution is 8.26. The minimum Gasteiger partial charge on any atom is -0.493 e. The molecule has 3 rings (SSSR count). The summed E-state index contributed by atoms with van der Waals surface area (Å²) in [5, 5.41) is 0. The van der Waals surface area contributed by atoms with E-state index in [2.05, 4.69) is 0 Å². The standard InChI is InChI=1S/C21H21NO4S2/c1-13(15-8-6-5-7-9-15)22-20(23)18(28-21(22)27)12-14-10-16(24-2)19(26-4)17(11-14)25-3/h5-13H,1-4H3/b18-12-/t13-/m0/s1. The van der Waals surface area contributed by atoms with E-state index in [1.807, 2.05) is 37.3 Å². The molecule has 1 aliphatic rings. The molecule has 0 unspecified atom stereocenters. The summed E-state index contributed by atoms with van der Waals surface area (Å²) in [5.41, 5.74) is 1.80. The van der Waals surface area contributed by atoms with Gasteiger partial charge in [0.2, 0.25) is 5.75 Å². The lowest BCUT2D eigenvalue weighted by Gasteiger charge is -2.23. The Morgan fingerprint density at radius 2 is 1.64 bits per heavy atom. The number of carbonyl (C=O) groups is 1. The number of hydrogen-bond donors (Lipinski definition) is 0. The van der Waals surface area contributed by atoms with Gasteiger partial charge in [-0.25, -0.2) is 0 Å². The van der Waals surface area contributed by atoms with Gasteiger partial charge in [-0.1, -0.05) is 54.3 Å². The maximum Gasteiger partial charge on any atom is 0.266 e. The maximum absolute atomic E-state index is 13.0. The molecule has 0 aromatic heterocycles. The highest BCUT2D eigenvalue weighted by Gasteiger charge is 2.36. The number of hydrogen-bond acceptors (Lipinski definition) is 6. The fourth-order valence-electron chi connectivity index (χ4n) is 3.03. The van der Waals surface area contributed by atoms with Crippen LogP contribution in [0.4, 0.5) is 0 Å². The number of amides is 1. The minimum absolute atomic E-state index is 0.111. The molecular formula is C21H21NO4S2. The molecule has 2 aromatic carbocycles. The molecule has 1 atom stereocenters. The van der Waals surface area contributed by atoms with Gasteiger partial charge in [-0.05, 0) is 36.3 Å². The molecule has 2 aromatic rings. The Labute approximate surface area is 174 Å². The van der Waals surface area contributed by atoms with E-state index in [9.17, 15) is 4.79 Å². The van der Waals surface area contributed by atoms with Crippen molar-refractivity contribution in [2.45, 2.75) is 13.0 Å². The van der Waals surface area contributed by atoms with Crippen molar-refractivity contribution in [2.75, 3.05) is 21.3 Å². The largest absolute Gasteiger partial charge is 0.493 e. The Morgan fingerprint density at radius 1 is 1.04 bits per heavy atom. The van der Waals surface area contributed by atoms with Gasteiger partial charge < -0.3 is 14.2 Å². The fourth-order valence-corrected chi connectivity index (χ4v) is 4.45. The lowest BCUT2D eigenvalue weighted by atomic mass is 10.1. The Hall–Kier alpha value is -2.51. The number of nitrogens with zero attached hydrogens (tertiary/aromatic N) is 1. The lowest BCUT2D eigenvalue weighted by Crippen LogP contribution is -2.30. The third-order valence-corrected chi connectivity index (χ3v) is 5.81. The van der Waals surface area contributed by atoms with Gasteiger partial charge in [-0.2, -0.15) is 0 Å². The third-order valence-electron chi connectivity index (χ3n) is 4.48. The first kappa shape index (κ1) is 20.2. The molecule has 0 N–H and O–H groups in total. The highest BCUT2D eigenvalue weighted by atomic mass is 32.2. The zero-order valence-electron chi connectivity index (χ0n) is 16.1. The minimum atomic E-state index is -0.139. The van der Waals surface area contributed by atoms with Crippen molar-refractivity contribution < 1.29 is 19.0 Å². The highest BCUT2D eigenvalue weighted by Crippen LogP contribution is 2.41. The molecule has 0 aliphatic carbocycles. The van der Waals surface area contributed by atoms with Crippen LogP contribution in [0.2, 0.25) is 0 Å². The van der Waals surface area contributed by atoms with E-state index < -0.39 is 0 Å². The second kappa shape index (κ2) is 8.67. The predicted octanol–water partition coefficient (Wildman–Crippen LogP) is 4.67. The second-order valence-corrected chi connectivity index (χ2v) is 7.77. The van der Waals surface area contributed by atoms with Crippen molar-refractivity contribution in [3.8, 4) is 17.2 Å². The maximum atomic E-state index is 13.0. The van der Waals surface area contributed by atoms with Crippen molar-refractivity contribution in [1.82, 2.24) is 4.90 Å². The Morgan fingerprint density at radius 3 is 2.18 bits per heavy atom. The summed E-state index contributed by atoms with van der Waals surface area (Å²) in [4.78, 5) is 15.2. The molecule has 1 saturated heterocycles. The molecule has 0 saturated carbocycles. The summed E-state index contributed by atoms with van der Waals surface area (Å²) in [6.45, 7) is 1.97. The number of ether oxygens (including phenoxy) is 3. The van der Waals surface area contributed by atoms with Crippen LogP contribution in [-0.4, -0.2) is 36.5 Å². The van der Waals surface area contributed by atoms with Gasteiger partial charge in [0.1, 0.15) is 4.32 Å². The topological polar surface area (TPSA) is 48.0 Å². The van der Waals surface area contributed by atoms with Crippen LogP contribution < -0.4 is 14.2 Å². The molecule has 1 heterocycles. The SMILES string of the molecule is COc1cc(/C=C2\SC(=S)N([C@@H](C)c3ccccc3)C2=O)cc(OC)c1OC. The summed E-state index contributed by atoms with van der Waals surface area (Å²) >= 11 is 6.77. The van der Waals surface area contributed by atoms with Gasteiger partial charge in [-0.3, -0.25) is 9.69 Å². The van der Waals surface area contributed by atoms with Gasteiger partial charge in [0.25, 0.3) is 5.91 Å². The first-order valence-corrected chi connectivity index (χ1v) is 9.84. The normalized spacial score (nSPS) is 16.4. The smallest absolute Gasteiger partial charge is 0.266 e. The zero-order chi connectivity index (χ0) is 20.3. The van der Waals surface area contributed by atoms with E-state index in [4.69, 9.17) is 26.4 Å². The van der Waals surface area contributed by atoms with Crippen molar-refractivity contribution >= 4 is 40.3 Å². The zero-order valence-corrected chi connectivity index (χ0v) is 17.7. The Kier molecular flexibility index (Phi) is 6.26. The van der Waals surface area contributed by atoms with Gasteiger partial charge in [0.15, 0.2) is 11.5 Å². The van der Waals surface area contributed by atoms with Crippen LogP contribution in [0, 0.1) is 0 Å². The number of rotatable bonds is 6. The molecule has 28 heavy (non-hydrogen) atoms. The van der Waals surface area contributed by atoms with Crippen LogP contribution in [0.3, 0.4) is 0 Å². The monoisotopic (exact) mass is 415 g/mol. The lowest BCUT2D eigenvalue weighted by molar-refractivity contribution is -0.123. The first-order valence-electron chi connectivity index (χ1n) is 8.62. The summed E-state index contributed by atoms with van der Waals surface area (Å²) in [5.74, 6) is 1.45. The van der Waals surface area contributed by atoms with Gasteiger partial charge in [0, 0.05) is 0 Å². The molecule has 0 spiro atoms. The summed E-state index contributed by atoms with van der Waals surface area (Å²) < 4.78 is 16.7.